The first-order valence-electron chi connectivity index (χ1n) is 5.26. The van der Waals surface area contributed by atoms with Gasteiger partial charge in [-0.05, 0) is 30.7 Å². The third-order valence-corrected chi connectivity index (χ3v) is 3.79. The maximum Gasteiger partial charge on any atom is 0.172 e. The van der Waals surface area contributed by atoms with Crippen LogP contribution >= 0.6 is 27.7 Å². The van der Waals surface area contributed by atoms with Crippen LogP contribution in [-0.4, -0.2) is 27.0 Å². The van der Waals surface area contributed by atoms with Crippen molar-refractivity contribution in [3.8, 4) is 5.69 Å². The molecule has 0 amide bonds. The van der Waals surface area contributed by atoms with E-state index in [1.54, 1.807) is 18.0 Å². The van der Waals surface area contributed by atoms with Gasteiger partial charge in [0.25, 0.3) is 0 Å². The van der Waals surface area contributed by atoms with Crippen LogP contribution in [0.4, 0.5) is 0 Å². The zero-order valence-electron chi connectivity index (χ0n) is 9.43. The van der Waals surface area contributed by atoms with Crippen molar-refractivity contribution in [1.82, 2.24) is 9.55 Å². The molecule has 0 unspecified atom stereocenters. The van der Waals surface area contributed by atoms with E-state index in [1.807, 2.05) is 16.8 Å². The molecule has 1 N–H and O–H groups in total. The van der Waals surface area contributed by atoms with Crippen LogP contribution in [0.2, 0.25) is 0 Å². The molecule has 90 valence electrons. The Morgan fingerprint density at radius 2 is 2.29 bits per heavy atom. The van der Waals surface area contributed by atoms with Crippen molar-refractivity contribution in [3.05, 3.63) is 40.6 Å². The second kappa shape index (κ2) is 5.71. The molecule has 2 rings (SSSR count). The molecule has 0 aliphatic heterocycles. The maximum atomic E-state index is 8.85. The minimum absolute atomic E-state index is 0.164. The lowest BCUT2D eigenvalue weighted by Crippen LogP contribution is -1.99. The van der Waals surface area contributed by atoms with E-state index in [0.29, 0.717) is 5.75 Å². The van der Waals surface area contributed by atoms with Crippen LogP contribution in [0.15, 0.2) is 40.2 Å². The number of aryl methyl sites for hydroxylation is 1. The average molecular weight is 313 g/mol. The van der Waals surface area contributed by atoms with Gasteiger partial charge in [-0.15, -0.1) is 0 Å². The number of halogens is 1. The van der Waals surface area contributed by atoms with Gasteiger partial charge in [-0.1, -0.05) is 27.7 Å². The summed E-state index contributed by atoms with van der Waals surface area (Å²) in [7, 11) is 0. The van der Waals surface area contributed by atoms with E-state index in [4.69, 9.17) is 5.11 Å². The highest BCUT2D eigenvalue weighted by molar-refractivity contribution is 9.10. The lowest BCUT2D eigenvalue weighted by atomic mass is 10.2. The van der Waals surface area contributed by atoms with Crippen molar-refractivity contribution < 1.29 is 5.11 Å². The predicted octanol–water partition coefficient (Wildman–Crippen LogP) is 3.03. The molecule has 0 spiro atoms. The molecular formula is C12H13BrN2OS. The third-order valence-electron chi connectivity index (χ3n) is 2.35. The Balaban J connectivity index is 2.35. The van der Waals surface area contributed by atoms with Crippen molar-refractivity contribution in [2.45, 2.75) is 12.1 Å². The van der Waals surface area contributed by atoms with E-state index in [1.165, 1.54) is 5.56 Å². The fourth-order valence-electron chi connectivity index (χ4n) is 1.61. The molecule has 2 aromatic rings. The number of thioether (sulfide) groups is 1. The molecule has 0 saturated heterocycles. The number of hydrogen-bond acceptors (Lipinski definition) is 3. The monoisotopic (exact) mass is 312 g/mol. The highest BCUT2D eigenvalue weighted by atomic mass is 79.9. The fraction of sp³-hybridized carbons (Fsp3) is 0.250. The molecule has 3 nitrogen and oxygen atoms in total. The Morgan fingerprint density at radius 3 is 3.00 bits per heavy atom. The summed E-state index contributed by atoms with van der Waals surface area (Å²) in [5, 5.41) is 9.76. The van der Waals surface area contributed by atoms with Crippen molar-refractivity contribution in [3.63, 3.8) is 0 Å². The first kappa shape index (κ1) is 12.7. The summed E-state index contributed by atoms with van der Waals surface area (Å²) in [4.78, 5) is 4.30. The normalized spacial score (nSPS) is 10.8. The Hall–Kier alpha value is -0.780. The average Bonchev–Trinajstić information content (AvgIpc) is 2.74. The summed E-state index contributed by atoms with van der Waals surface area (Å²) in [5.74, 6) is 0.659. The Bertz CT molecular complexity index is 513. The molecule has 5 heteroatoms. The van der Waals surface area contributed by atoms with Crippen LogP contribution in [0.1, 0.15) is 5.56 Å². The zero-order valence-corrected chi connectivity index (χ0v) is 11.8. The standard InChI is InChI=1S/C12H13BrN2OS/c1-9-8-10(13)2-3-11(9)15-5-4-14-12(15)17-7-6-16/h2-5,8,16H,6-7H2,1H3. The number of hydrogen-bond donors (Lipinski definition) is 1. The molecule has 1 heterocycles. The molecule has 17 heavy (non-hydrogen) atoms. The minimum Gasteiger partial charge on any atom is -0.396 e. The van der Waals surface area contributed by atoms with Gasteiger partial charge in [0.2, 0.25) is 0 Å². The van der Waals surface area contributed by atoms with Crippen molar-refractivity contribution in [1.29, 1.82) is 0 Å². The number of aliphatic hydroxyl groups excluding tert-OH is 1. The maximum absolute atomic E-state index is 8.85. The molecule has 0 fully saturated rings. The molecule has 1 aromatic carbocycles. The number of aliphatic hydroxyl groups is 1. The highest BCUT2D eigenvalue weighted by Gasteiger charge is 2.07. The van der Waals surface area contributed by atoms with Crippen molar-refractivity contribution >= 4 is 27.7 Å². The summed E-state index contributed by atoms with van der Waals surface area (Å²) in [6, 6.07) is 6.16. The first-order chi connectivity index (χ1) is 8.22. The van der Waals surface area contributed by atoms with Crippen LogP contribution in [0.25, 0.3) is 5.69 Å². The number of imidazole rings is 1. The van der Waals surface area contributed by atoms with E-state index < -0.39 is 0 Å². The van der Waals surface area contributed by atoms with Gasteiger partial charge in [0.15, 0.2) is 5.16 Å². The third kappa shape index (κ3) is 2.91. The number of aromatic nitrogens is 2. The summed E-state index contributed by atoms with van der Waals surface area (Å²) in [5.41, 5.74) is 2.30. The molecule has 0 bridgehead atoms. The van der Waals surface area contributed by atoms with E-state index in [2.05, 4.69) is 40.0 Å². The second-order valence-corrected chi connectivity index (χ2v) is 5.56. The van der Waals surface area contributed by atoms with Crippen LogP contribution in [0, 0.1) is 6.92 Å². The topological polar surface area (TPSA) is 38.0 Å². The highest BCUT2D eigenvalue weighted by Crippen LogP contribution is 2.24. The van der Waals surface area contributed by atoms with E-state index in [0.717, 1.165) is 15.3 Å². The second-order valence-electron chi connectivity index (χ2n) is 3.58. The first-order valence-corrected chi connectivity index (χ1v) is 7.04. The smallest absolute Gasteiger partial charge is 0.172 e. The van der Waals surface area contributed by atoms with Gasteiger partial charge in [-0.2, -0.15) is 0 Å². The van der Waals surface area contributed by atoms with E-state index in [-0.39, 0.29) is 6.61 Å². The quantitative estimate of drug-likeness (QED) is 0.882. The van der Waals surface area contributed by atoms with Gasteiger partial charge in [0.1, 0.15) is 0 Å². The molecule has 0 aliphatic carbocycles. The number of benzene rings is 1. The lowest BCUT2D eigenvalue weighted by molar-refractivity contribution is 0.322. The zero-order chi connectivity index (χ0) is 12.3. The van der Waals surface area contributed by atoms with Gasteiger partial charge in [0.05, 0.1) is 12.3 Å². The predicted molar refractivity (Wildman–Crippen MR) is 73.8 cm³/mol. The summed E-state index contributed by atoms with van der Waals surface area (Å²) in [6.07, 6.45) is 3.72. The van der Waals surface area contributed by atoms with E-state index in [9.17, 15) is 0 Å². The van der Waals surface area contributed by atoms with Gasteiger partial charge in [-0.25, -0.2) is 4.98 Å². The van der Waals surface area contributed by atoms with Gasteiger partial charge < -0.3 is 5.11 Å². The van der Waals surface area contributed by atoms with Crippen LogP contribution in [-0.2, 0) is 0 Å². The van der Waals surface area contributed by atoms with Crippen LogP contribution in [0.3, 0.4) is 0 Å². The van der Waals surface area contributed by atoms with E-state index >= 15 is 0 Å². The Morgan fingerprint density at radius 1 is 1.47 bits per heavy atom. The van der Waals surface area contributed by atoms with Crippen molar-refractivity contribution in [2.75, 3.05) is 12.4 Å². The van der Waals surface area contributed by atoms with Crippen LogP contribution < -0.4 is 0 Å². The summed E-state index contributed by atoms with van der Waals surface area (Å²) in [6.45, 7) is 2.23. The van der Waals surface area contributed by atoms with Gasteiger partial charge in [-0.3, -0.25) is 4.57 Å². The number of rotatable bonds is 4. The molecule has 0 saturated carbocycles. The van der Waals surface area contributed by atoms with Gasteiger partial charge >= 0.3 is 0 Å². The van der Waals surface area contributed by atoms with Crippen molar-refractivity contribution in [2.24, 2.45) is 0 Å². The van der Waals surface area contributed by atoms with Gasteiger partial charge in [0, 0.05) is 22.6 Å². The number of nitrogens with zero attached hydrogens (tertiary/aromatic N) is 2. The summed E-state index contributed by atoms with van der Waals surface area (Å²) < 4.78 is 3.12. The van der Waals surface area contributed by atoms with Crippen LogP contribution in [0.5, 0.6) is 0 Å². The Kier molecular flexibility index (Phi) is 4.25. The SMILES string of the molecule is Cc1cc(Br)ccc1-n1ccnc1SCCO. The fourth-order valence-corrected chi connectivity index (χ4v) is 2.79. The molecule has 1 aromatic heterocycles. The molecule has 0 aliphatic rings. The Labute approximate surface area is 113 Å². The molecule has 0 atom stereocenters. The molecular weight excluding hydrogens is 300 g/mol. The molecule has 0 radical (unpaired) electrons. The summed E-state index contributed by atoms with van der Waals surface area (Å²) >= 11 is 5.01. The minimum atomic E-state index is 0.164. The lowest BCUT2D eigenvalue weighted by Gasteiger charge is -2.10. The largest absolute Gasteiger partial charge is 0.396 e.